The number of hydrogen-bond donors (Lipinski definition) is 2. The van der Waals surface area contributed by atoms with Gasteiger partial charge in [-0.2, -0.15) is 4.73 Å². The van der Waals surface area contributed by atoms with Gasteiger partial charge in [0.2, 0.25) is 0 Å². The lowest BCUT2D eigenvalue weighted by Crippen LogP contribution is -2.39. The highest BCUT2D eigenvalue weighted by Crippen LogP contribution is 2.14. The Balaban J connectivity index is 0.000000439. The normalized spacial score (nSPS) is 13.8. The van der Waals surface area contributed by atoms with Crippen molar-refractivity contribution in [3.8, 4) is 0 Å². The second-order valence-electron chi connectivity index (χ2n) is 19.2. The van der Waals surface area contributed by atoms with Gasteiger partial charge in [0.1, 0.15) is 23.8 Å². The maximum atomic E-state index is 12.8. The molecule has 18 nitrogen and oxygen atoms in total. The zero-order valence-electron chi connectivity index (χ0n) is 48.2. The van der Waals surface area contributed by atoms with Crippen molar-refractivity contribution in [2.24, 2.45) is 0 Å². The molecule has 2 aliphatic heterocycles. The number of methoxy groups -OCH3 is 3. The van der Waals surface area contributed by atoms with E-state index in [1.54, 1.807) is 52.2 Å². The number of benzene rings is 1. The molecular formula is C56H91FN14O4. The van der Waals surface area contributed by atoms with Crippen LogP contribution < -0.4 is 4.73 Å². The van der Waals surface area contributed by atoms with Crippen molar-refractivity contribution in [1.29, 1.82) is 10.8 Å². The van der Waals surface area contributed by atoms with Crippen LogP contribution in [-0.2, 0) is 40.3 Å². The summed E-state index contributed by atoms with van der Waals surface area (Å²) in [5.74, 6) is 2.97. The van der Waals surface area contributed by atoms with Crippen LogP contribution in [0.1, 0.15) is 90.5 Å². The van der Waals surface area contributed by atoms with Crippen LogP contribution in [0.4, 0.5) is 4.39 Å². The van der Waals surface area contributed by atoms with Gasteiger partial charge in [0.25, 0.3) is 0 Å². The van der Waals surface area contributed by atoms with E-state index in [-0.39, 0.29) is 5.82 Å². The minimum atomic E-state index is -0.155. The van der Waals surface area contributed by atoms with Gasteiger partial charge in [-0.1, -0.05) is 6.07 Å². The zero-order valence-corrected chi connectivity index (χ0v) is 48.2. The van der Waals surface area contributed by atoms with Crippen molar-refractivity contribution < 1.29 is 23.3 Å². The van der Waals surface area contributed by atoms with Gasteiger partial charge < -0.3 is 43.9 Å². The van der Waals surface area contributed by atoms with E-state index in [4.69, 9.17) is 25.0 Å². The monoisotopic (exact) mass is 1040 g/mol. The van der Waals surface area contributed by atoms with Crippen LogP contribution in [0.15, 0.2) is 79.8 Å². The lowest BCUT2D eigenvalue weighted by Gasteiger charge is -2.31. The maximum absolute atomic E-state index is 12.8. The van der Waals surface area contributed by atoms with Crippen molar-refractivity contribution in [3.05, 3.63) is 142 Å². The van der Waals surface area contributed by atoms with Gasteiger partial charge in [-0.15, -0.1) is 0 Å². The molecule has 75 heavy (non-hydrogen) atoms. The summed E-state index contributed by atoms with van der Waals surface area (Å²) in [5.41, 5.74) is 7.50. The fourth-order valence-electron chi connectivity index (χ4n) is 7.11. The summed E-state index contributed by atoms with van der Waals surface area (Å²) in [5, 5.41) is 25.6. The molecule has 0 saturated carbocycles. The number of amidine groups is 2. The number of aryl methyl sites for hydroxylation is 6. The third-order valence-corrected chi connectivity index (χ3v) is 11.4. The van der Waals surface area contributed by atoms with Gasteiger partial charge in [-0.05, 0) is 163 Å². The molecule has 2 fully saturated rings. The van der Waals surface area contributed by atoms with Crippen LogP contribution in [0.3, 0.4) is 0 Å². The number of rotatable bonds is 12. The number of nitrogens with one attached hydrogen (secondary N) is 2. The number of pyridine rings is 1. The number of hydrogen-bond acceptors (Lipinski definition) is 15. The number of aromatic nitrogens is 7. The van der Waals surface area contributed by atoms with E-state index in [1.807, 2.05) is 136 Å². The molecule has 1 aromatic carbocycles. The molecule has 0 amide bonds. The molecule has 0 aliphatic carbocycles. The van der Waals surface area contributed by atoms with Crippen LogP contribution in [0.2, 0.25) is 0 Å². The van der Waals surface area contributed by atoms with Gasteiger partial charge in [0, 0.05) is 121 Å². The summed E-state index contributed by atoms with van der Waals surface area (Å²) in [6.07, 6.45) is 15.8. The lowest BCUT2D eigenvalue weighted by atomic mass is 10.1. The van der Waals surface area contributed by atoms with Gasteiger partial charge in [0.15, 0.2) is 12.4 Å². The van der Waals surface area contributed by atoms with Crippen LogP contribution in [0, 0.1) is 56.5 Å². The van der Waals surface area contributed by atoms with Gasteiger partial charge >= 0.3 is 0 Å². The molecule has 4 aromatic heterocycles. The molecule has 19 heteroatoms. The molecule has 416 valence electrons. The summed E-state index contributed by atoms with van der Waals surface area (Å²) in [7, 11) is 17.1. The molecule has 6 heterocycles. The summed E-state index contributed by atoms with van der Waals surface area (Å²) in [6.45, 7) is 20.6. The Hall–Kier alpha value is -5.96. The molecule has 0 bridgehead atoms. The topological polar surface area (TPSA) is 196 Å². The average molecular weight is 1040 g/mol. The molecule has 0 spiro atoms. The zero-order chi connectivity index (χ0) is 56.3. The van der Waals surface area contributed by atoms with E-state index < -0.39 is 0 Å². The predicted molar refractivity (Wildman–Crippen MR) is 299 cm³/mol. The third kappa shape index (κ3) is 32.2. The Morgan fingerprint density at radius 3 is 1.65 bits per heavy atom. The number of nitrogens with zero attached hydrogens (tertiary/aromatic N) is 12. The summed E-state index contributed by atoms with van der Waals surface area (Å²) >= 11 is 0. The lowest BCUT2D eigenvalue weighted by molar-refractivity contribution is -0.606. The Labute approximate surface area is 449 Å². The van der Waals surface area contributed by atoms with Crippen molar-refractivity contribution in [2.75, 3.05) is 96.4 Å². The molecule has 2 aliphatic rings. The van der Waals surface area contributed by atoms with E-state index in [1.165, 1.54) is 18.6 Å². The summed E-state index contributed by atoms with van der Waals surface area (Å²) in [6, 6.07) is 12.4. The number of likely N-dealkylation sites (tertiary alicyclic amines) is 2. The van der Waals surface area contributed by atoms with Crippen molar-refractivity contribution >= 4 is 11.7 Å². The molecule has 1 atom stereocenters. The molecule has 7 rings (SSSR count). The smallest absolute Gasteiger partial charge is 0.185 e. The van der Waals surface area contributed by atoms with Crippen LogP contribution >= 0.6 is 0 Å². The first-order valence-corrected chi connectivity index (χ1v) is 25.4. The maximum Gasteiger partial charge on any atom is 0.185 e. The Morgan fingerprint density at radius 2 is 1.19 bits per heavy atom. The number of piperidine rings is 1. The molecule has 2 saturated heterocycles. The minimum absolute atomic E-state index is 0.155. The van der Waals surface area contributed by atoms with E-state index >= 15 is 0 Å². The molecule has 0 radical (unpaired) electrons. The second-order valence-corrected chi connectivity index (χ2v) is 19.2. The molecule has 1 unspecified atom stereocenters. The SMILES string of the molecule is COC1CCN(C(C)=N)C1.COC1CCN(C(C)=N)CC1.COCCCc1nccc(C)n1.Cc1cc[n+]([O-])cc1CN(C)C.Cc1ccc(F)cc1CN(C)C.Cc1ccnc(CN(C)C)n1.Cc1ccncn1. The third-order valence-electron chi connectivity index (χ3n) is 11.4. The standard InChI is InChI=1S/C10H14FN.2C9H14N2O.C8H13N3.C8H16N2O.C7H14N2O.C5H6N2/c1-8-4-5-10(11)6-9(8)7-12(2)3;1-8-4-5-11(12)7-9(8)6-10(2)3;1-8-5-6-10-9(11-8)4-3-7-12-2;1-7-4-5-9-8(10-7)6-11(2)3;1-7(9)10-5-3-8(11-2)4-6-10;1-6(8)9-4-3-7(5-9)10-2;1-5-2-3-6-4-7-5/h4-6H,7H2,1-3H3;4-5,7H,6H2,1-3H3;5-6H,3-4,7H2,1-2H3;4-5H,6H2,1-3H3;8-9H,3-6H2,1-2H3;7-8H,3-5H2,1-2H3;2-4H,1H3. The van der Waals surface area contributed by atoms with E-state index in [2.05, 4.69) is 39.7 Å². The van der Waals surface area contributed by atoms with Crippen LogP contribution in [-0.4, -0.2) is 175 Å². The molecular weight excluding hydrogens is 952 g/mol. The fraction of sp³-hybridized carbons (Fsp3) is 0.554. The largest absolute Gasteiger partial charge is 0.619 e. The number of halogens is 1. The Kier molecular flexibility index (Phi) is 34.5. The van der Waals surface area contributed by atoms with E-state index in [9.17, 15) is 9.60 Å². The average Bonchev–Trinajstić information content (AvgIpc) is 3.86. The predicted octanol–water partition coefficient (Wildman–Crippen LogP) is 7.68. The first-order chi connectivity index (χ1) is 35.6. The van der Waals surface area contributed by atoms with Crippen molar-refractivity contribution in [2.45, 2.75) is 112 Å². The van der Waals surface area contributed by atoms with Gasteiger partial charge in [-0.3, -0.25) is 10.8 Å². The van der Waals surface area contributed by atoms with Crippen molar-refractivity contribution in [1.82, 2.24) is 54.4 Å². The van der Waals surface area contributed by atoms with Crippen LogP contribution in [0.25, 0.3) is 0 Å². The highest BCUT2D eigenvalue weighted by atomic mass is 19.1. The van der Waals surface area contributed by atoms with Crippen LogP contribution in [0.5, 0.6) is 0 Å². The van der Waals surface area contributed by atoms with Gasteiger partial charge in [-0.25, -0.2) is 34.3 Å². The fourth-order valence-corrected chi connectivity index (χ4v) is 7.11. The highest BCUT2D eigenvalue weighted by Gasteiger charge is 2.22. The first kappa shape index (κ1) is 67.1. The summed E-state index contributed by atoms with van der Waals surface area (Å²) < 4.78 is 28.9. The number of ether oxygens (including phenoxy) is 3. The Morgan fingerprint density at radius 1 is 0.667 bits per heavy atom. The van der Waals surface area contributed by atoms with E-state index in [0.29, 0.717) is 23.9 Å². The highest BCUT2D eigenvalue weighted by molar-refractivity contribution is 5.76. The Bertz CT molecular complexity index is 2260. The van der Waals surface area contributed by atoms with E-state index in [0.717, 1.165) is 140 Å². The first-order valence-electron chi connectivity index (χ1n) is 25.4. The summed E-state index contributed by atoms with van der Waals surface area (Å²) in [4.78, 5) is 34.7. The quantitative estimate of drug-likeness (QED) is 0.0406. The van der Waals surface area contributed by atoms with Gasteiger partial charge in [0.05, 0.1) is 30.4 Å². The molecule has 2 N–H and O–H groups in total. The molecule has 5 aromatic rings. The van der Waals surface area contributed by atoms with Crippen molar-refractivity contribution in [3.63, 3.8) is 0 Å². The minimum Gasteiger partial charge on any atom is -0.619 e. The second kappa shape index (κ2) is 38.6.